The van der Waals surface area contributed by atoms with Crippen molar-refractivity contribution in [2.45, 2.75) is 38.0 Å². The topological polar surface area (TPSA) is 72.3 Å². The molecule has 34 heavy (non-hydrogen) atoms. The number of fused-ring (bicyclic) bond motifs is 2. The molecule has 1 aromatic carbocycles. The maximum Gasteiger partial charge on any atom is 0.408 e. The molecule has 0 spiro atoms. The van der Waals surface area contributed by atoms with Crippen LogP contribution in [0.3, 0.4) is 0 Å². The summed E-state index contributed by atoms with van der Waals surface area (Å²) in [6, 6.07) is 10.8. The smallest absolute Gasteiger partial charge is 0.326 e. The first-order valence-corrected chi connectivity index (χ1v) is 10.6. The number of pyridine rings is 2. The summed E-state index contributed by atoms with van der Waals surface area (Å²) in [5, 5.41) is 9.39. The lowest BCUT2D eigenvalue weighted by atomic mass is 10.1. The van der Waals surface area contributed by atoms with Gasteiger partial charge in [0.1, 0.15) is 11.7 Å². The van der Waals surface area contributed by atoms with E-state index in [1.807, 2.05) is 30.3 Å². The maximum absolute atomic E-state index is 14.1. The number of alkyl halides is 3. The van der Waals surface area contributed by atoms with E-state index in [0.29, 0.717) is 30.1 Å². The molecule has 0 unspecified atom stereocenters. The Kier molecular flexibility index (Phi) is 7.72. The Labute approximate surface area is 207 Å². The van der Waals surface area contributed by atoms with Crippen LogP contribution in [0.2, 0.25) is 0 Å². The van der Waals surface area contributed by atoms with Crippen LogP contribution in [0.15, 0.2) is 48.7 Å². The van der Waals surface area contributed by atoms with Gasteiger partial charge in [0.15, 0.2) is 11.5 Å². The molecule has 0 saturated carbocycles. The molecule has 2 N–H and O–H groups in total. The lowest BCUT2D eigenvalue weighted by Gasteiger charge is -2.30. The Morgan fingerprint density at radius 2 is 1.88 bits per heavy atom. The molecule has 6 nitrogen and oxygen atoms in total. The van der Waals surface area contributed by atoms with Crippen LogP contribution < -0.4 is 5.73 Å². The Bertz CT molecular complexity index is 1290. The summed E-state index contributed by atoms with van der Waals surface area (Å²) in [4.78, 5) is 6.18. The van der Waals surface area contributed by atoms with Gasteiger partial charge in [-0.05, 0) is 36.1 Å². The van der Waals surface area contributed by atoms with Crippen molar-refractivity contribution in [1.29, 1.82) is 0 Å². The molecule has 1 fully saturated rings. The number of hydrogen-bond donors (Lipinski definition) is 1. The zero-order chi connectivity index (χ0) is 22.5. The number of likely N-dealkylation sites (tertiary alicyclic amines) is 1. The minimum atomic E-state index is -4.43. The first kappa shape index (κ1) is 26.2. The molecular formula is C23H25Cl2F3N6. The molecule has 0 aliphatic carbocycles. The van der Waals surface area contributed by atoms with Crippen molar-refractivity contribution in [2.24, 2.45) is 5.73 Å². The number of aryl methyl sites for hydroxylation is 1. The summed E-state index contributed by atoms with van der Waals surface area (Å²) in [5.41, 5.74) is 9.01. The van der Waals surface area contributed by atoms with Gasteiger partial charge < -0.3 is 5.73 Å². The third-order valence-electron chi connectivity index (χ3n) is 6.09. The molecule has 11 heteroatoms. The Morgan fingerprint density at radius 3 is 2.56 bits per heavy atom. The van der Waals surface area contributed by atoms with Crippen molar-refractivity contribution in [3.8, 4) is 11.5 Å². The summed E-state index contributed by atoms with van der Waals surface area (Å²) in [6.45, 7) is 2.58. The second-order valence-corrected chi connectivity index (χ2v) is 8.24. The van der Waals surface area contributed by atoms with E-state index in [1.165, 1.54) is 17.2 Å². The number of nitrogens with zero attached hydrogens (tertiary/aromatic N) is 5. The average Bonchev–Trinajstić information content (AvgIpc) is 3.38. The van der Waals surface area contributed by atoms with Gasteiger partial charge in [-0.2, -0.15) is 13.2 Å². The molecule has 4 heterocycles. The summed E-state index contributed by atoms with van der Waals surface area (Å²) in [6.07, 6.45) is -1.58. The van der Waals surface area contributed by atoms with Crippen LogP contribution in [0.1, 0.15) is 30.5 Å². The maximum atomic E-state index is 14.1. The van der Waals surface area contributed by atoms with E-state index in [2.05, 4.69) is 17.1 Å². The lowest BCUT2D eigenvalue weighted by molar-refractivity contribution is -0.183. The van der Waals surface area contributed by atoms with Crippen LogP contribution >= 0.6 is 24.8 Å². The summed E-state index contributed by atoms with van der Waals surface area (Å²) < 4.78 is 43.8. The monoisotopic (exact) mass is 512 g/mol. The fraction of sp³-hybridized carbons (Fsp3) is 0.348. The predicted molar refractivity (Wildman–Crippen MR) is 131 cm³/mol. The fourth-order valence-corrected chi connectivity index (χ4v) is 4.52. The van der Waals surface area contributed by atoms with Gasteiger partial charge in [0, 0.05) is 30.7 Å². The van der Waals surface area contributed by atoms with Gasteiger partial charge in [-0.1, -0.05) is 37.3 Å². The van der Waals surface area contributed by atoms with Crippen molar-refractivity contribution in [1.82, 2.24) is 24.5 Å². The van der Waals surface area contributed by atoms with E-state index in [1.54, 1.807) is 10.5 Å². The van der Waals surface area contributed by atoms with Crippen molar-refractivity contribution >= 4 is 41.4 Å². The van der Waals surface area contributed by atoms with Crippen LogP contribution in [0.5, 0.6) is 0 Å². The zero-order valence-electron chi connectivity index (χ0n) is 18.4. The average molecular weight is 513 g/mol. The van der Waals surface area contributed by atoms with Crippen LogP contribution in [0.25, 0.3) is 28.1 Å². The van der Waals surface area contributed by atoms with Gasteiger partial charge in [-0.25, -0.2) is 4.98 Å². The van der Waals surface area contributed by atoms with E-state index < -0.39 is 12.2 Å². The minimum Gasteiger partial charge on any atom is -0.326 e. The van der Waals surface area contributed by atoms with Crippen molar-refractivity contribution < 1.29 is 13.2 Å². The number of benzene rings is 1. The third kappa shape index (κ3) is 4.70. The molecule has 0 amide bonds. The molecule has 2 atom stereocenters. The number of rotatable bonds is 4. The van der Waals surface area contributed by atoms with Gasteiger partial charge in [-0.15, -0.1) is 35.0 Å². The zero-order valence-corrected chi connectivity index (χ0v) is 20.0. The lowest BCUT2D eigenvalue weighted by Crippen LogP contribution is -2.38. The SMILES string of the molecule is CCc1cccc2ccc(-c3nnc4ccc([C@@H](N5CC[C@H](N)C5)C(F)(F)F)cn34)nc12.Cl.Cl. The number of aromatic nitrogens is 4. The molecule has 1 saturated heterocycles. The quantitative estimate of drug-likeness (QED) is 0.417. The number of para-hydroxylation sites is 1. The standard InChI is InChI=1S/C23H23F3N6.2ClH/c1-2-14-4-3-5-15-6-8-18(28-20(14)15)22-30-29-19-9-7-16(12-32(19)22)21(23(24,25)26)31-11-10-17(27)13-31;;/h3-9,12,17,21H,2,10-11,13,27H2,1H3;2*1H/t17-,21+;;/m0../s1. The van der Waals surface area contributed by atoms with E-state index in [-0.39, 0.29) is 43.0 Å². The first-order chi connectivity index (χ1) is 15.3. The highest BCUT2D eigenvalue weighted by molar-refractivity contribution is 5.86. The van der Waals surface area contributed by atoms with Gasteiger partial charge >= 0.3 is 6.18 Å². The molecule has 182 valence electrons. The number of hydrogen-bond acceptors (Lipinski definition) is 5. The van der Waals surface area contributed by atoms with E-state index in [4.69, 9.17) is 10.7 Å². The second-order valence-electron chi connectivity index (χ2n) is 8.24. The number of halogens is 5. The van der Waals surface area contributed by atoms with Crippen molar-refractivity contribution in [2.75, 3.05) is 13.1 Å². The highest BCUT2D eigenvalue weighted by atomic mass is 35.5. The molecule has 1 aliphatic heterocycles. The second kappa shape index (κ2) is 10.0. The van der Waals surface area contributed by atoms with Crippen molar-refractivity contribution in [3.63, 3.8) is 0 Å². The van der Waals surface area contributed by atoms with Crippen LogP contribution in [0, 0.1) is 0 Å². The molecule has 0 radical (unpaired) electrons. The van der Waals surface area contributed by atoms with Crippen LogP contribution in [-0.4, -0.2) is 49.8 Å². The summed E-state index contributed by atoms with van der Waals surface area (Å²) in [7, 11) is 0. The van der Waals surface area contributed by atoms with E-state index >= 15 is 0 Å². The van der Waals surface area contributed by atoms with E-state index in [0.717, 1.165) is 22.9 Å². The van der Waals surface area contributed by atoms with Gasteiger partial charge in [-0.3, -0.25) is 9.30 Å². The van der Waals surface area contributed by atoms with Crippen molar-refractivity contribution in [3.05, 3.63) is 59.8 Å². The largest absolute Gasteiger partial charge is 0.408 e. The van der Waals surface area contributed by atoms with Gasteiger partial charge in [0.25, 0.3) is 0 Å². The van der Waals surface area contributed by atoms with E-state index in [9.17, 15) is 13.2 Å². The summed E-state index contributed by atoms with van der Waals surface area (Å²) in [5.74, 6) is 0.411. The fourth-order valence-electron chi connectivity index (χ4n) is 4.52. The van der Waals surface area contributed by atoms with Gasteiger partial charge in [0.2, 0.25) is 0 Å². The molecule has 1 aliphatic rings. The summed E-state index contributed by atoms with van der Waals surface area (Å²) >= 11 is 0. The normalized spacial score (nSPS) is 17.5. The third-order valence-corrected chi connectivity index (χ3v) is 6.09. The predicted octanol–water partition coefficient (Wildman–Crippen LogP) is 4.99. The van der Waals surface area contributed by atoms with Gasteiger partial charge in [0.05, 0.1) is 5.52 Å². The molecule has 5 rings (SSSR count). The highest BCUT2D eigenvalue weighted by Crippen LogP contribution is 2.39. The molecular weight excluding hydrogens is 488 g/mol. The molecule has 4 aromatic rings. The Hall–Kier alpha value is -2.46. The Balaban J connectivity index is 0.00000162. The molecule has 3 aromatic heterocycles. The van der Waals surface area contributed by atoms with Crippen LogP contribution in [-0.2, 0) is 6.42 Å². The molecule has 0 bridgehead atoms. The number of nitrogens with two attached hydrogens (primary N) is 1. The van der Waals surface area contributed by atoms with Crippen LogP contribution in [0.4, 0.5) is 13.2 Å². The Morgan fingerprint density at radius 1 is 1.09 bits per heavy atom. The first-order valence-electron chi connectivity index (χ1n) is 10.6. The minimum absolute atomic E-state index is 0. The highest BCUT2D eigenvalue weighted by Gasteiger charge is 2.46.